The highest BCUT2D eigenvalue weighted by molar-refractivity contribution is 8.12. The maximum Gasteiger partial charge on any atom is 0.269 e. The Morgan fingerprint density at radius 1 is 1.56 bits per heavy atom. The predicted molar refractivity (Wildman–Crippen MR) is 75.3 cm³/mol. The SMILES string of the molecule is C#CCSC=NC(=NC)c1ccc([N+](=O)[O-])cc1. The normalized spacial score (nSPS) is 11.4. The third-order valence-electron chi connectivity index (χ3n) is 1.96. The minimum Gasteiger partial charge on any atom is -0.270 e. The molecule has 1 rings (SSSR count). The first kappa shape index (κ1) is 13.9. The average Bonchev–Trinajstić information content (AvgIpc) is 2.39. The van der Waals surface area contributed by atoms with E-state index >= 15 is 0 Å². The first-order chi connectivity index (χ1) is 8.69. The third kappa shape index (κ3) is 4.03. The number of amidine groups is 1. The number of non-ortho nitro benzene ring substituents is 1. The van der Waals surface area contributed by atoms with Crippen LogP contribution in [0.4, 0.5) is 5.69 Å². The van der Waals surface area contributed by atoms with Crippen LogP contribution in [0.15, 0.2) is 34.3 Å². The lowest BCUT2D eigenvalue weighted by molar-refractivity contribution is -0.384. The van der Waals surface area contributed by atoms with Gasteiger partial charge in [-0.25, -0.2) is 4.99 Å². The van der Waals surface area contributed by atoms with Crippen molar-refractivity contribution in [2.75, 3.05) is 12.8 Å². The summed E-state index contributed by atoms with van der Waals surface area (Å²) in [6.45, 7) is 0. The maximum atomic E-state index is 10.5. The van der Waals surface area contributed by atoms with Crippen molar-refractivity contribution < 1.29 is 4.92 Å². The highest BCUT2D eigenvalue weighted by Gasteiger charge is 2.06. The minimum absolute atomic E-state index is 0.0416. The van der Waals surface area contributed by atoms with Crippen LogP contribution in [0.5, 0.6) is 0 Å². The fraction of sp³-hybridized carbons (Fsp3) is 0.167. The standard InChI is InChI=1S/C12H11N3O2S/c1-3-8-18-9-14-12(13-2)10-4-6-11(7-5-10)15(16)17/h1,4-7,9H,8H2,2H3. The van der Waals surface area contributed by atoms with Crippen molar-refractivity contribution in [3.8, 4) is 12.3 Å². The van der Waals surface area contributed by atoms with Crippen LogP contribution in [0.25, 0.3) is 0 Å². The molecule has 1 aromatic rings. The lowest BCUT2D eigenvalue weighted by atomic mass is 10.2. The number of thioether (sulfide) groups is 1. The summed E-state index contributed by atoms with van der Waals surface area (Å²) in [5.41, 5.74) is 2.38. The zero-order valence-corrected chi connectivity index (χ0v) is 10.6. The summed E-state index contributed by atoms with van der Waals surface area (Å²) < 4.78 is 0. The van der Waals surface area contributed by atoms with Crippen LogP contribution < -0.4 is 0 Å². The van der Waals surface area contributed by atoms with Crippen LogP contribution in [-0.4, -0.2) is 29.1 Å². The van der Waals surface area contributed by atoms with Crippen LogP contribution in [0, 0.1) is 22.5 Å². The molecule has 5 nitrogen and oxygen atoms in total. The molecule has 0 heterocycles. The second kappa shape index (κ2) is 7.25. The van der Waals surface area contributed by atoms with Crippen molar-refractivity contribution in [3.63, 3.8) is 0 Å². The van der Waals surface area contributed by atoms with Crippen molar-refractivity contribution in [2.24, 2.45) is 9.98 Å². The summed E-state index contributed by atoms with van der Waals surface area (Å²) in [4.78, 5) is 18.2. The van der Waals surface area contributed by atoms with E-state index in [1.165, 1.54) is 23.9 Å². The van der Waals surface area contributed by atoms with E-state index < -0.39 is 4.92 Å². The van der Waals surface area contributed by atoms with Gasteiger partial charge in [0.05, 0.1) is 16.2 Å². The van der Waals surface area contributed by atoms with E-state index in [2.05, 4.69) is 15.9 Å². The van der Waals surface area contributed by atoms with Crippen molar-refractivity contribution >= 4 is 28.8 Å². The quantitative estimate of drug-likeness (QED) is 0.209. The second-order valence-corrected chi connectivity index (χ2v) is 3.93. The van der Waals surface area contributed by atoms with Gasteiger partial charge in [-0.05, 0) is 12.1 Å². The molecule has 0 aliphatic heterocycles. The van der Waals surface area contributed by atoms with Gasteiger partial charge in [-0.1, -0.05) is 5.92 Å². The molecule has 6 heteroatoms. The van der Waals surface area contributed by atoms with Gasteiger partial charge in [-0.3, -0.25) is 15.1 Å². The molecule has 0 fully saturated rings. The number of nitrogens with zero attached hydrogens (tertiary/aromatic N) is 3. The average molecular weight is 261 g/mol. The third-order valence-corrected chi connectivity index (χ3v) is 2.55. The van der Waals surface area contributed by atoms with Crippen LogP contribution in [0.2, 0.25) is 0 Å². The smallest absolute Gasteiger partial charge is 0.269 e. The fourth-order valence-corrected chi connectivity index (χ4v) is 1.51. The minimum atomic E-state index is -0.446. The number of nitro benzene ring substituents is 1. The number of aliphatic imine (C=N–C) groups is 2. The van der Waals surface area contributed by atoms with E-state index in [1.54, 1.807) is 24.7 Å². The molecule has 1 aromatic carbocycles. The van der Waals surface area contributed by atoms with E-state index in [0.717, 1.165) is 5.56 Å². The number of terminal acetylenes is 1. The summed E-state index contributed by atoms with van der Waals surface area (Å²) in [7, 11) is 1.61. The molecule has 0 radical (unpaired) electrons. The molecule has 0 saturated heterocycles. The summed E-state index contributed by atoms with van der Waals surface area (Å²) in [6, 6.07) is 6.07. The topological polar surface area (TPSA) is 67.9 Å². The van der Waals surface area contributed by atoms with Gasteiger partial charge in [0, 0.05) is 24.7 Å². The van der Waals surface area contributed by atoms with Crippen LogP contribution >= 0.6 is 11.8 Å². The first-order valence-corrected chi connectivity index (χ1v) is 6.03. The number of rotatable bonds is 4. The maximum absolute atomic E-state index is 10.5. The molecule has 0 amide bonds. The van der Waals surface area contributed by atoms with Crippen LogP contribution in [-0.2, 0) is 0 Å². The molecule has 0 atom stereocenters. The van der Waals surface area contributed by atoms with Crippen molar-refractivity contribution in [2.45, 2.75) is 0 Å². The number of hydrogen-bond acceptors (Lipinski definition) is 4. The van der Waals surface area contributed by atoms with E-state index in [0.29, 0.717) is 11.6 Å². The molecule has 0 N–H and O–H groups in total. The zero-order chi connectivity index (χ0) is 13.4. The Morgan fingerprint density at radius 3 is 2.72 bits per heavy atom. The fourth-order valence-electron chi connectivity index (χ4n) is 1.17. The van der Waals surface area contributed by atoms with Gasteiger partial charge < -0.3 is 0 Å². The Balaban J connectivity index is 2.81. The molecule has 0 aliphatic carbocycles. The molecule has 0 spiro atoms. The van der Waals surface area contributed by atoms with E-state index in [4.69, 9.17) is 6.42 Å². The van der Waals surface area contributed by atoms with Crippen molar-refractivity contribution in [1.82, 2.24) is 0 Å². The van der Waals surface area contributed by atoms with Crippen LogP contribution in [0.1, 0.15) is 5.56 Å². The molecule has 0 aromatic heterocycles. The summed E-state index contributed by atoms with van der Waals surface area (Å²) >= 11 is 1.38. The highest BCUT2D eigenvalue weighted by Crippen LogP contribution is 2.13. The highest BCUT2D eigenvalue weighted by atomic mass is 32.2. The van der Waals surface area contributed by atoms with Gasteiger partial charge in [0.15, 0.2) is 5.84 Å². The summed E-state index contributed by atoms with van der Waals surface area (Å²) in [5.74, 6) is 3.53. The van der Waals surface area contributed by atoms with Gasteiger partial charge >= 0.3 is 0 Å². The molecule has 0 unspecified atom stereocenters. The molecule has 0 bridgehead atoms. The number of benzene rings is 1. The van der Waals surface area contributed by atoms with Crippen LogP contribution in [0.3, 0.4) is 0 Å². The Labute approximate surface area is 109 Å². The zero-order valence-electron chi connectivity index (χ0n) is 9.74. The monoisotopic (exact) mass is 261 g/mol. The second-order valence-electron chi connectivity index (χ2n) is 3.10. The lowest BCUT2D eigenvalue weighted by Crippen LogP contribution is -1.97. The van der Waals surface area contributed by atoms with Crippen molar-refractivity contribution in [3.05, 3.63) is 39.9 Å². The Morgan fingerprint density at radius 2 is 2.22 bits per heavy atom. The van der Waals surface area contributed by atoms with Gasteiger partial charge in [-0.2, -0.15) is 0 Å². The van der Waals surface area contributed by atoms with Gasteiger partial charge in [0.2, 0.25) is 0 Å². The van der Waals surface area contributed by atoms with E-state index in [1.807, 2.05) is 0 Å². The van der Waals surface area contributed by atoms with Crippen molar-refractivity contribution in [1.29, 1.82) is 0 Å². The summed E-state index contributed by atoms with van der Waals surface area (Å²) in [5, 5.41) is 10.5. The largest absolute Gasteiger partial charge is 0.270 e. The molecule has 92 valence electrons. The lowest BCUT2D eigenvalue weighted by Gasteiger charge is -1.99. The Hall–Kier alpha value is -2.13. The molecule has 0 aliphatic rings. The van der Waals surface area contributed by atoms with E-state index in [-0.39, 0.29) is 5.69 Å². The molecular weight excluding hydrogens is 250 g/mol. The first-order valence-electron chi connectivity index (χ1n) is 4.98. The van der Waals surface area contributed by atoms with Gasteiger partial charge in [0.25, 0.3) is 5.69 Å². The predicted octanol–water partition coefficient (Wildman–Crippen LogP) is 2.37. The molecule has 0 saturated carbocycles. The number of hydrogen-bond donors (Lipinski definition) is 0. The van der Waals surface area contributed by atoms with Gasteiger partial charge in [-0.15, -0.1) is 18.2 Å². The molecular formula is C12H11N3O2S. The van der Waals surface area contributed by atoms with Gasteiger partial charge in [0.1, 0.15) is 0 Å². The Bertz CT molecular complexity index is 515. The summed E-state index contributed by atoms with van der Waals surface area (Å²) in [6.07, 6.45) is 5.11. The Kier molecular flexibility index (Phi) is 5.61. The van der Waals surface area contributed by atoms with E-state index in [9.17, 15) is 10.1 Å². The number of nitro groups is 1. The molecule has 18 heavy (non-hydrogen) atoms.